The molecular formula is C11H15BrO3. The van der Waals surface area contributed by atoms with Gasteiger partial charge in [-0.1, -0.05) is 28.1 Å². The van der Waals surface area contributed by atoms with Gasteiger partial charge in [0.1, 0.15) is 0 Å². The molecule has 1 aromatic carbocycles. The highest BCUT2D eigenvalue weighted by molar-refractivity contribution is 9.08. The molecule has 0 radical (unpaired) electrons. The number of aliphatic hydroxyl groups is 1. The summed E-state index contributed by atoms with van der Waals surface area (Å²) in [6.45, 7) is 2.44. The molecule has 4 heteroatoms. The van der Waals surface area contributed by atoms with Gasteiger partial charge in [0.05, 0.1) is 20.3 Å². The first-order chi connectivity index (χ1) is 7.28. The fourth-order valence-electron chi connectivity index (χ4n) is 1.40. The quantitative estimate of drug-likeness (QED) is 0.839. The number of rotatable bonds is 5. The summed E-state index contributed by atoms with van der Waals surface area (Å²) in [4.78, 5) is 0. The minimum atomic E-state index is -0.0498. The van der Waals surface area contributed by atoms with E-state index in [1.54, 1.807) is 7.11 Å². The molecule has 0 fully saturated rings. The number of aliphatic hydroxyl groups excluding tert-OH is 1. The number of ether oxygens (including phenoxy) is 2. The summed E-state index contributed by atoms with van der Waals surface area (Å²) in [5.74, 6) is 1.33. The predicted octanol–water partition coefficient (Wildman–Crippen LogP) is 2.48. The van der Waals surface area contributed by atoms with Crippen LogP contribution in [-0.4, -0.2) is 18.8 Å². The molecule has 0 amide bonds. The molecule has 0 saturated heterocycles. The molecule has 1 rings (SSSR count). The minimum Gasteiger partial charge on any atom is -0.492 e. The zero-order valence-corrected chi connectivity index (χ0v) is 10.5. The number of methoxy groups -OCH3 is 1. The van der Waals surface area contributed by atoms with Crippen LogP contribution in [0.4, 0.5) is 0 Å². The van der Waals surface area contributed by atoms with Crippen LogP contribution in [0.25, 0.3) is 0 Å². The molecule has 3 nitrogen and oxygen atoms in total. The second-order valence-electron chi connectivity index (χ2n) is 2.97. The maximum atomic E-state index is 9.16. The lowest BCUT2D eigenvalue weighted by Crippen LogP contribution is -2.01. The smallest absolute Gasteiger partial charge is 0.166 e. The van der Waals surface area contributed by atoms with E-state index in [1.807, 2.05) is 19.1 Å². The van der Waals surface area contributed by atoms with Gasteiger partial charge in [0.15, 0.2) is 11.5 Å². The second-order valence-corrected chi connectivity index (χ2v) is 3.53. The zero-order valence-electron chi connectivity index (χ0n) is 8.92. The van der Waals surface area contributed by atoms with Crippen LogP contribution in [0, 0.1) is 0 Å². The van der Waals surface area contributed by atoms with Crippen molar-refractivity contribution in [1.82, 2.24) is 0 Å². The average Bonchev–Trinajstić information content (AvgIpc) is 2.28. The number of alkyl halides is 1. The number of benzene rings is 1. The minimum absolute atomic E-state index is 0.0498. The van der Waals surface area contributed by atoms with Crippen molar-refractivity contribution in [3.8, 4) is 11.5 Å². The lowest BCUT2D eigenvalue weighted by molar-refractivity contribution is 0.265. The van der Waals surface area contributed by atoms with Crippen molar-refractivity contribution in [1.29, 1.82) is 0 Å². The first-order valence-electron chi connectivity index (χ1n) is 4.76. The Hall–Kier alpha value is -0.740. The van der Waals surface area contributed by atoms with Gasteiger partial charge in [0.2, 0.25) is 0 Å². The summed E-state index contributed by atoms with van der Waals surface area (Å²) >= 11 is 3.39. The van der Waals surface area contributed by atoms with Crippen LogP contribution >= 0.6 is 15.9 Å². The Kier molecular flexibility index (Phi) is 4.91. The van der Waals surface area contributed by atoms with Gasteiger partial charge >= 0.3 is 0 Å². The van der Waals surface area contributed by atoms with Crippen molar-refractivity contribution >= 4 is 15.9 Å². The van der Waals surface area contributed by atoms with Crippen molar-refractivity contribution in [3.05, 3.63) is 23.3 Å². The van der Waals surface area contributed by atoms with E-state index in [9.17, 15) is 0 Å². The Labute approximate surface area is 98.1 Å². The number of hydrogen-bond donors (Lipinski definition) is 1. The molecule has 0 heterocycles. The van der Waals surface area contributed by atoms with Gasteiger partial charge < -0.3 is 14.6 Å². The van der Waals surface area contributed by atoms with Gasteiger partial charge in [0.25, 0.3) is 0 Å². The third-order valence-electron chi connectivity index (χ3n) is 2.08. The largest absolute Gasteiger partial charge is 0.492 e. The topological polar surface area (TPSA) is 38.7 Å². The van der Waals surface area contributed by atoms with Gasteiger partial charge in [-0.05, 0) is 6.92 Å². The molecule has 0 unspecified atom stereocenters. The molecule has 1 N–H and O–H groups in total. The summed E-state index contributed by atoms with van der Waals surface area (Å²) in [5.41, 5.74) is 1.76. The molecule has 0 bridgehead atoms. The van der Waals surface area contributed by atoms with E-state index < -0.39 is 0 Å². The molecule has 0 atom stereocenters. The highest BCUT2D eigenvalue weighted by Gasteiger charge is 2.13. The van der Waals surface area contributed by atoms with Gasteiger partial charge in [-0.15, -0.1) is 0 Å². The predicted molar refractivity (Wildman–Crippen MR) is 62.7 cm³/mol. The molecule has 0 aliphatic carbocycles. The van der Waals surface area contributed by atoms with Crippen molar-refractivity contribution < 1.29 is 14.6 Å². The van der Waals surface area contributed by atoms with Crippen LogP contribution in [-0.2, 0) is 11.9 Å². The van der Waals surface area contributed by atoms with Crippen LogP contribution in [0.5, 0.6) is 11.5 Å². The molecule has 0 aliphatic rings. The second kappa shape index (κ2) is 5.98. The van der Waals surface area contributed by atoms with Gasteiger partial charge in [-0.2, -0.15) is 0 Å². The van der Waals surface area contributed by atoms with Crippen LogP contribution in [0.1, 0.15) is 18.1 Å². The summed E-state index contributed by atoms with van der Waals surface area (Å²) in [5, 5.41) is 9.86. The Morgan fingerprint density at radius 2 is 1.93 bits per heavy atom. The number of halogens is 1. The summed E-state index contributed by atoms with van der Waals surface area (Å²) < 4.78 is 10.8. The average molecular weight is 275 g/mol. The van der Waals surface area contributed by atoms with Gasteiger partial charge in [-0.25, -0.2) is 0 Å². The highest BCUT2D eigenvalue weighted by Crippen LogP contribution is 2.36. The number of hydrogen-bond acceptors (Lipinski definition) is 3. The normalized spacial score (nSPS) is 10.1. The van der Waals surface area contributed by atoms with E-state index in [-0.39, 0.29) is 6.61 Å². The molecule has 0 spiro atoms. The van der Waals surface area contributed by atoms with Gasteiger partial charge in [0, 0.05) is 16.5 Å². The maximum Gasteiger partial charge on any atom is 0.166 e. The van der Waals surface area contributed by atoms with E-state index in [1.165, 1.54) is 0 Å². The van der Waals surface area contributed by atoms with Crippen molar-refractivity contribution in [3.63, 3.8) is 0 Å². The highest BCUT2D eigenvalue weighted by atomic mass is 79.9. The zero-order chi connectivity index (χ0) is 11.3. The van der Waals surface area contributed by atoms with Crippen molar-refractivity contribution in [2.45, 2.75) is 18.9 Å². The summed E-state index contributed by atoms with van der Waals surface area (Å²) in [6, 6.07) is 3.77. The Bertz CT molecular complexity index is 326. The maximum absolute atomic E-state index is 9.16. The first-order valence-corrected chi connectivity index (χ1v) is 5.89. The Balaban J connectivity index is 3.24. The Morgan fingerprint density at radius 3 is 2.40 bits per heavy atom. The van der Waals surface area contributed by atoms with Crippen LogP contribution in [0.2, 0.25) is 0 Å². The first kappa shape index (κ1) is 12.3. The summed E-state index contributed by atoms with van der Waals surface area (Å²) in [6.07, 6.45) is 0. The van der Waals surface area contributed by atoms with Crippen molar-refractivity contribution in [2.24, 2.45) is 0 Å². The lowest BCUT2D eigenvalue weighted by atomic mass is 10.1. The fraction of sp³-hybridized carbons (Fsp3) is 0.455. The SMILES string of the molecule is CCOc1c(CBr)ccc(CO)c1OC. The standard InChI is InChI=1S/C11H15BrO3/c1-3-15-11-8(6-12)4-5-9(7-13)10(11)14-2/h4-5,13H,3,6-7H2,1-2H3. The van der Waals surface area contributed by atoms with E-state index in [4.69, 9.17) is 14.6 Å². The Morgan fingerprint density at radius 1 is 1.27 bits per heavy atom. The molecule has 84 valence electrons. The molecular weight excluding hydrogens is 260 g/mol. The van der Waals surface area contributed by atoms with Crippen LogP contribution in [0.3, 0.4) is 0 Å². The molecule has 0 saturated carbocycles. The van der Waals surface area contributed by atoms with E-state index >= 15 is 0 Å². The lowest BCUT2D eigenvalue weighted by Gasteiger charge is -2.15. The van der Waals surface area contributed by atoms with Crippen LogP contribution < -0.4 is 9.47 Å². The monoisotopic (exact) mass is 274 g/mol. The van der Waals surface area contributed by atoms with E-state index in [2.05, 4.69) is 15.9 Å². The van der Waals surface area contributed by atoms with Crippen molar-refractivity contribution in [2.75, 3.05) is 13.7 Å². The van der Waals surface area contributed by atoms with Crippen LogP contribution in [0.15, 0.2) is 12.1 Å². The molecule has 1 aromatic rings. The molecule has 15 heavy (non-hydrogen) atoms. The third kappa shape index (κ3) is 2.63. The summed E-state index contributed by atoms with van der Waals surface area (Å²) in [7, 11) is 1.58. The van der Waals surface area contributed by atoms with Gasteiger partial charge in [-0.3, -0.25) is 0 Å². The fourth-order valence-corrected chi connectivity index (χ4v) is 1.84. The molecule has 0 aliphatic heterocycles. The van der Waals surface area contributed by atoms with E-state index in [0.717, 1.165) is 11.1 Å². The third-order valence-corrected chi connectivity index (χ3v) is 2.69. The molecule has 0 aromatic heterocycles. The van der Waals surface area contributed by atoms with E-state index in [0.29, 0.717) is 23.4 Å².